The van der Waals surface area contributed by atoms with E-state index in [4.69, 9.17) is 0 Å². The molecular formula is C21H21FN4O5S. The lowest BCUT2D eigenvalue weighted by molar-refractivity contribution is -0.132. The Kier molecular flexibility index (Phi) is 5.94. The van der Waals surface area contributed by atoms with Crippen LogP contribution in [0.15, 0.2) is 63.0 Å². The Hall–Kier alpha value is -3.31. The molecule has 1 aromatic heterocycles. The number of nitrogens with one attached hydrogen (secondary N) is 1. The van der Waals surface area contributed by atoms with Gasteiger partial charge in [-0.1, -0.05) is 12.1 Å². The third-order valence-corrected chi connectivity index (χ3v) is 7.41. The second-order valence-corrected chi connectivity index (χ2v) is 9.35. The van der Waals surface area contributed by atoms with Crippen LogP contribution in [0, 0.1) is 5.82 Å². The fourth-order valence-electron chi connectivity index (χ4n) is 3.76. The number of hydrogen-bond donors (Lipinski definition) is 1. The lowest BCUT2D eigenvalue weighted by atomic mass is 10.2. The van der Waals surface area contributed by atoms with Crippen molar-refractivity contribution in [1.29, 1.82) is 0 Å². The fraction of sp³-hybridized carbons (Fsp3) is 0.286. The first kappa shape index (κ1) is 21.9. The highest BCUT2D eigenvalue weighted by Crippen LogP contribution is 2.18. The second kappa shape index (κ2) is 8.67. The summed E-state index contributed by atoms with van der Waals surface area (Å²) in [6, 6.07) is 11.3. The number of aryl methyl sites for hydroxylation is 1. The molecule has 1 aliphatic rings. The molecule has 1 aliphatic heterocycles. The van der Waals surface area contributed by atoms with Gasteiger partial charge in [-0.15, -0.1) is 0 Å². The van der Waals surface area contributed by atoms with Gasteiger partial charge in [-0.2, -0.15) is 4.31 Å². The van der Waals surface area contributed by atoms with Gasteiger partial charge in [-0.3, -0.25) is 19.1 Å². The first-order valence-corrected chi connectivity index (χ1v) is 11.5. The average molecular weight is 460 g/mol. The van der Waals surface area contributed by atoms with Crippen LogP contribution in [0.2, 0.25) is 0 Å². The third-order valence-electron chi connectivity index (χ3n) is 5.50. The summed E-state index contributed by atoms with van der Waals surface area (Å²) >= 11 is 0. The van der Waals surface area contributed by atoms with Gasteiger partial charge in [-0.25, -0.2) is 17.6 Å². The molecule has 0 aliphatic carbocycles. The predicted molar refractivity (Wildman–Crippen MR) is 115 cm³/mol. The number of aromatic amines is 1. The van der Waals surface area contributed by atoms with Gasteiger partial charge in [0.2, 0.25) is 15.9 Å². The monoisotopic (exact) mass is 460 g/mol. The Bertz CT molecular complexity index is 1370. The standard InChI is InChI=1S/C21H21FN4O5S/c22-15-5-7-16(8-6-15)32(30,31)25-13-11-24(12-14-25)19(27)9-10-26-18-4-2-1-3-17(18)20(28)23-21(26)29/h1-8H,9-14H2,(H,23,28,29). The van der Waals surface area contributed by atoms with Crippen molar-refractivity contribution in [2.45, 2.75) is 17.9 Å². The smallest absolute Gasteiger partial charge is 0.328 e. The van der Waals surface area contributed by atoms with E-state index in [-0.39, 0.29) is 49.9 Å². The summed E-state index contributed by atoms with van der Waals surface area (Å²) < 4.78 is 41.1. The van der Waals surface area contributed by atoms with Crippen LogP contribution < -0.4 is 11.2 Å². The molecule has 0 radical (unpaired) electrons. The number of fused-ring (bicyclic) bond motifs is 1. The van der Waals surface area contributed by atoms with E-state index in [0.717, 1.165) is 12.1 Å². The van der Waals surface area contributed by atoms with Crippen molar-refractivity contribution in [3.8, 4) is 0 Å². The minimum Gasteiger partial charge on any atom is -0.340 e. The number of carbonyl (C=O) groups is 1. The fourth-order valence-corrected chi connectivity index (χ4v) is 5.19. The number of amides is 1. The summed E-state index contributed by atoms with van der Waals surface area (Å²) in [4.78, 5) is 40.7. The van der Waals surface area contributed by atoms with Crippen LogP contribution in [-0.4, -0.2) is 59.3 Å². The number of rotatable bonds is 5. The minimum absolute atomic E-state index is 0.00278. The van der Waals surface area contributed by atoms with Crippen molar-refractivity contribution in [2.24, 2.45) is 0 Å². The van der Waals surface area contributed by atoms with Gasteiger partial charge in [0, 0.05) is 39.1 Å². The molecule has 0 bridgehead atoms. The number of para-hydroxylation sites is 1. The van der Waals surface area contributed by atoms with E-state index < -0.39 is 27.1 Å². The molecule has 1 amide bonds. The summed E-state index contributed by atoms with van der Waals surface area (Å²) in [6.07, 6.45) is 0.0284. The SMILES string of the molecule is O=C(CCn1c(=O)[nH]c(=O)c2ccccc21)N1CCN(S(=O)(=O)c2ccc(F)cc2)CC1. The van der Waals surface area contributed by atoms with Gasteiger partial charge < -0.3 is 4.90 Å². The second-order valence-electron chi connectivity index (χ2n) is 7.42. The predicted octanol–water partition coefficient (Wildman–Crippen LogP) is 0.752. The minimum atomic E-state index is -3.77. The van der Waals surface area contributed by atoms with Crippen molar-refractivity contribution in [1.82, 2.24) is 18.8 Å². The van der Waals surface area contributed by atoms with E-state index in [2.05, 4.69) is 4.98 Å². The molecule has 32 heavy (non-hydrogen) atoms. The Labute approximate surface area is 182 Å². The molecule has 0 unspecified atom stereocenters. The van der Waals surface area contributed by atoms with E-state index in [0.29, 0.717) is 10.9 Å². The maximum Gasteiger partial charge on any atom is 0.328 e. The number of nitrogens with zero attached hydrogens (tertiary/aromatic N) is 3. The zero-order valence-electron chi connectivity index (χ0n) is 17.0. The van der Waals surface area contributed by atoms with Crippen LogP contribution in [0.1, 0.15) is 6.42 Å². The van der Waals surface area contributed by atoms with E-state index >= 15 is 0 Å². The molecule has 2 aromatic carbocycles. The van der Waals surface area contributed by atoms with Crippen molar-refractivity contribution in [3.63, 3.8) is 0 Å². The first-order chi connectivity index (χ1) is 15.3. The molecule has 0 spiro atoms. The van der Waals surface area contributed by atoms with Crippen molar-refractivity contribution in [3.05, 3.63) is 75.2 Å². The van der Waals surface area contributed by atoms with Crippen LogP contribution in [-0.2, 0) is 21.4 Å². The van der Waals surface area contributed by atoms with E-state index in [9.17, 15) is 27.2 Å². The molecule has 2 heterocycles. The lowest BCUT2D eigenvalue weighted by Crippen LogP contribution is -2.50. The highest BCUT2D eigenvalue weighted by Gasteiger charge is 2.30. The molecule has 1 fully saturated rings. The Morgan fingerprint density at radius 1 is 0.969 bits per heavy atom. The lowest BCUT2D eigenvalue weighted by Gasteiger charge is -2.34. The molecule has 3 aromatic rings. The zero-order chi connectivity index (χ0) is 22.9. The number of sulfonamides is 1. The maximum atomic E-state index is 13.1. The van der Waals surface area contributed by atoms with Gasteiger partial charge >= 0.3 is 5.69 Å². The Balaban J connectivity index is 1.41. The largest absolute Gasteiger partial charge is 0.340 e. The summed E-state index contributed by atoms with van der Waals surface area (Å²) in [6.45, 7) is 0.740. The Morgan fingerprint density at radius 3 is 2.31 bits per heavy atom. The topological polar surface area (TPSA) is 113 Å². The number of carbonyl (C=O) groups excluding carboxylic acids is 1. The van der Waals surface area contributed by atoms with Crippen molar-refractivity contribution < 1.29 is 17.6 Å². The molecule has 11 heteroatoms. The van der Waals surface area contributed by atoms with Gasteiger partial charge in [-0.05, 0) is 36.4 Å². The number of halogens is 1. The van der Waals surface area contributed by atoms with E-state index in [1.165, 1.54) is 21.0 Å². The molecule has 4 rings (SSSR count). The number of hydrogen-bond acceptors (Lipinski definition) is 5. The summed E-state index contributed by atoms with van der Waals surface area (Å²) in [5.74, 6) is -0.736. The van der Waals surface area contributed by atoms with Crippen molar-refractivity contribution in [2.75, 3.05) is 26.2 Å². The molecule has 1 saturated heterocycles. The molecule has 168 valence electrons. The molecular weight excluding hydrogens is 439 g/mol. The average Bonchev–Trinajstić information content (AvgIpc) is 2.79. The van der Waals surface area contributed by atoms with Crippen molar-refractivity contribution >= 4 is 26.8 Å². The highest BCUT2D eigenvalue weighted by molar-refractivity contribution is 7.89. The summed E-state index contributed by atoms with van der Waals surface area (Å²) in [5, 5.41) is 0.360. The molecule has 0 atom stereocenters. The maximum absolute atomic E-state index is 13.1. The number of benzene rings is 2. The van der Waals surface area contributed by atoms with Crippen LogP contribution in [0.25, 0.3) is 10.9 Å². The van der Waals surface area contributed by atoms with Crippen LogP contribution in [0.5, 0.6) is 0 Å². The summed E-state index contributed by atoms with van der Waals surface area (Å²) in [5.41, 5.74) is -0.618. The normalized spacial score (nSPS) is 15.2. The summed E-state index contributed by atoms with van der Waals surface area (Å²) in [7, 11) is -3.77. The number of aromatic nitrogens is 2. The first-order valence-electron chi connectivity index (χ1n) is 10.0. The van der Waals surface area contributed by atoms with Gasteiger partial charge in [0.15, 0.2) is 0 Å². The van der Waals surface area contributed by atoms with Crippen LogP contribution in [0.4, 0.5) is 4.39 Å². The zero-order valence-corrected chi connectivity index (χ0v) is 17.8. The van der Waals surface area contributed by atoms with E-state index in [1.54, 1.807) is 29.2 Å². The third kappa shape index (κ3) is 4.21. The van der Waals surface area contributed by atoms with Gasteiger partial charge in [0.05, 0.1) is 15.8 Å². The quantitative estimate of drug-likeness (QED) is 0.604. The van der Waals surface area contributed by atoms with Gasteiger partial charge in [0.25, 0.3) is 5.56 Å². The molecule has 0 saturated carbocycles. The van der Waals surface area contributed by atoms with Crippen LogP contribution >= 0.6 is 0 Å². The Morgan fingerprint density at radius 2 is 1.62 bits per heavy atom. The van der Waals surface area contributed by atoms with Gasteiger partial charge in [0.1, 0.15) is 5.82 Å². The molecule has 9 nitrogen and oxygen atoms in total. The number of H-pyrrole nitrogens is 1. The highest BCUT2D eigenvalue weighted by atomic mass is 32.2. The van der Waals surface area contributed by atoms with E-state index in [1.807, 2.05) is 0 Å². The van der Waals surface area contributed by atoms with Crippen LogP contribution in [0.3, 0.4) is 0 Å². The molecule has 1 N–H and O–H groups in total. The number of piperazine rings is 1.